The highest BCUT2D eigenvalue weighted by Gasteiger charge is 2.23. The second-order valence-electron chi connectivity index (χ2n) is 4.37. The van der Waals surface area contributed by atoms with E-state index in [4.69, 9.17) is 10.8 Å². The van der Waals surface area contributed by atoms with Crippen LogP contribution in [-0.2, 0) is 0 Å². The van der Waals surface area contributed by atoms with Crippen LogP contribution >= 0.6 is 0 Å². The largest absolute Gasteiger partial charge is 0.396 e. The van der Waals surface area contributed by atoms with Crippen molar-refractivity contribution in [2.45, 2.75) is 39.2 Å². The Morgan fingerprint density at radius 1 is 1.69 bits per heavy atom. The van der Waals surface area contributed by atoms with Crippen LogP contribution < -0.4 is 5.73 Å². The topological polar surface area (TPSA) is 46.2 Å². The van der Waals surface area contributed by atoms with Gasteiger partial charge in [-0.15, -0.1) is 0 Å². The van der Waals surface area contributed by atoms with Gasteiger partial charge in [0.2, 0.25) is 0 Å². The second kappa shape index (κ2) is 4.77. The van der Waals surface area contributed by atoms with Crippen LogP contribution in [0, 0.1) is 11.8 Å². The first kappa shape index (κ1) is 10.7. The maximum atomic E-state index is 8.80. The number of rotatable bonds is 3. The van der Waals surface area contributed by atoms with Gasteiger partial charge < -0.3 is 10.8 Å². The highest BCUT2D eigenvalue weighted by molar-refractivity contribution is 5.07. The molecule has 0 amide bonds. The summed E-state index contributed by atoms with van der Waals surface area (Å²) in [6.07, 6.45) is 5.37. The molecule has 0 fully saturated rings. The van der Waals surface area contributed by atoms with Crippen LogP contribution in [0.15, 0.2) is 11.6 Å². The molecule has 1 aliphatic rings. The van der Waals surface area contributed by atoms with E-state index >= 15 is 0 Å². The van der Waals surface area contributed by atoms with Crippen molar-refractivity contribution < 1.29 is 5.11 Å². The van der Waals surface area contributed by atoms with Gasteiger partial charge in [-0.1, -0.05) is 18.6 Å². The first-order valence-corrected chi connectivity index (χ1v) is 5.17. The van der Waals surface area contributed by atoms with Gasteiger partial charge in [-0.3, -0.25) is 0 Å². The molecule has 0 heterocycles. The summed E-state index contributed by atoms with van der Waals surface area (Å²) in [4.78, 5) is 0. The molecule has 0 aromatic carbocycles. The minimum Gasteiger partial charge on any atom is -0.396 e. The van der Waals surface area contributed by atoms with E-state index in [9.17, 15) is 0 Å². The quantitative estimate of drug-likeness (QED) is 0.654. The maximum Gasteiger partial charge on any atom is 0.0445 e. The number of hydrogen-bond acceptors (Lipinski definition) is 2. The molecule has 0 bridgehead atoms. The molecule has 1 aliphatic carbocycles. The van der Waals surface area contributed by atoms with E-state index in [1.165, 1.54) is 12.0 Å². The summed E-state index contributed by atoms with van der Waals surface area (Å²) in [5, 5.41) is 8.80. The van der Waals surface area contributed by atoms with Gasteiger partial charge >= 0.3 is 0 Å². The summed E-state index contributed by atoms with van der Waals surface area (Å²) in [5.74, 6) is 1.23. The molecule has 2 nitrogen and oxygen atoms in total. The standard InChI is InChI=1S/C11H21NO/c1-8-5-9(2)7-10(6-8)11(12)3-4-13/h5,8,10-11,13H,3-4,6-7,12H2,1-2H3. The van der Waals surface area contributed by atoms with E-state index in [1.54, 1.807) is 0 Å². The van der Waals surface area contributed by atoms with E-state index in [0.29, 0.717) is 11.8 Å². The molecule has 76 valence electrons. The molecule has 0 aliphatic heterocycles. The summed E-state index contributed by atoms with van der Waals surface area (Å²) in [5.41, 5.74) is 7.45. The predicted octanol–water partition coefficient (Wildman–Crippen LogP) is 1.69. The molecule has 0 saturated carbocycles. The van der Waals surface area contributed by atoms with Crippen molar-refractivity contribution in [2.24, 2.45) is 17.6 Å². The third-order valence-corrected chi connectivity index (χ3v) is 2.90. The summed E-state index contributed by atoms with van der Waals surface area (Å²) >= 11 is 0. The Labute approximate surface area is 80.8 Å². The van der Waals surface area contributed by atoms with Crippen LogP contribution in [0.2, 0.25) is 0 Å². The molecule has 3 unspecified atom stereocenters. The Bertz CT molecular complexity index is 189. The van der Waals surface area contributed by atoms with E-state index in [2.05, 4.69) is 19.9 Å². The van der Waals surface area contributed by atoms with Gasteiger partial charge in [0.15, 0.2) is 0 Å². The smallest absolute Gasteiger partial charge is 0.0445 e. The second-order valence-corrected chi connectivity index (χ2v) is 4.37. The van der Waals surface area contributed by atoms with Crippen LogP contribution in [-0.4, -0.2) is 17.8 Å². The van der Waals surface area contributed by atoms with E-state index in [0.717, 1.165) is 12.8 Å². The van der Waals surface area contributed by atoms with Gasteiger partial charge in [0.05, 0.1) is 0 Å². The van der Waals surface area contributed by atoms with Gasteiger partial charge in [-0.25, -0.2) is 0 Å². The first-order valence-electron chi connectivity index (χ1n) is 5.17. The third-order valence-electron chi connectivity index (χ3n) is 2.90. The first-order chi connectivity index (χ1) is 6.13. The zero-order valence-electron chi connectivity index (χ0n) is 8.66. The zero-order valence-corrected chi connectivity index (χ0v) is 8.66. The molecule has 3 atom stereocenters. The third kappa shape index (κ3) is 3.12. The average molecular weight is 183 g/mol. The molecule has 0 radical (unpaired) electrons. The monoisotopic (exact) mass is 183 g/mol. The van der Waals surface area contributed by atoms with Gasteiger partial charge in [0.25, 0.3) is 0 Å². The SMILES string of the molecule is CC1=CC(C)CC(C(N)CCO)C1. The van der Waals surface area contributed by atoms with Crippen molar-refractivity contribution in [1.82, 2.24) is 0 Å². The minimum atomic E-state index is 0.177. The lowest BCUT2D eigenvalue weighted by Crippen LogP contribution is -2.33. The molecule has 0 spiro atoms. The Hall–Kier alpha value is -0.340. The summed E-state index contributed by atoms with van der Waals surface area (Å²) in [6, 6.07) is 0.177. The van der Waals surface area contributed by atoms with Crippen molar-refractivity contribution in [2.75, 3.05) is 6.61 Å². The molecular formula is C11H21NO. The van der Waals surface area contributed by atoms with Crippen molar-refractivity contribution >= 4 is 0 Å². The van der Waals surface area contributed by atoms with Gasteiger partial charge in [0, 0.05) is 12.6 Å². The average Bonchev–Trinajstić information content (AvgIpc) is 2.03. The Morgan fingerprint density at radius 2 is 2.38 bits per heavy atom. The highest BCUT2D eigenvalue weighted by atomic mass is 16.3. The molecule has 0 aromatic rings. The van der Waals surface area contributed by atoms with Gasteiger partial charge in [-0.05, 0) is 38.0 Å². The fourth-order valence-electron chi connectivity index (χ4n) is 2.31. The Morgan fingerprint density at radius 3 is 2.92 bits per heavy atom. The molecule has 1 rings (SSSR count). The van der Waals surface area contributed by atoms with E-state index < -0.39 is 0 Å². The fourth-order valence-corrected chi connectivity index (χ4v) is 2.31. The van der Waals surface area contributed by atoms with E-state index in [1.807, 2.05) is 0 Å². The normalized spacial score (nSPS) is 31.2. The number of allylic oxidation sites excluding steroid dienone is 2. The van der Waals surface area contributed by atoms with Crippen molar-refractivity contribution in [3.05, 3.63) is 11.6 Å². The van der Waals surface area contributed by atoms with Crippen LogP contribution in [0.5, 0.6) is 0 Å². The molecule has 0 saturated heterocycles. The fraction of sp³-hybridized carbons (Fsp3) is 0.818. The maximum absolute atomic E-state index is 8.80. The Kier molecular flexibility index (Phi) is 3.94. The predicted molar refractivity (Wildman–Crippen MR) is 55.3 cm³/mol. The Balaban J connectivity index is 2.49. The lowest BCUT2D eigenvalue weighted by Gasteiger charge is -2.29. The molecule has 13 heavy (non-hydrogen) atoms. The van der Waals surface area contributed by atoms with Crippen LogP contribution in [0.1, 0.15) is 33.1 Å². The highest BCUT2D eigenvalue weighted by Crippen LogP contribution is 2.30. The number of aliphatic hydroxyl groups is 1. The van der Waals surface area contributed by atoms with Crippen molar-refractivity contribution in [3.8, 4) is 0 Å². The molecule has 3 N–H and O–H groups in total. The van der Waals surface area contributed by atoms with Crippen molar-refractivity contribution in [1.29, 1.82) is 0 Å². The van der Waals surface area contributed by atoms with Gasteiger partial charge in [-0.2, -0.15) is 0 Å². The minimum absolute atomic E-state index is 0.177. The number of hydrogen-bond donors (Lipinski definition) is 2. The van der Waals surface area contributed by atoms with Crippen molar-refractivity contribution in [3.63, 3.8) is 0 Å². The van der Waals surface area contributed by atoms with Crippen LogP contribution in [0.4, 0.5) is 0 Å². The number of nitrogens with two attached hydrogens (primary N) is 1. The lowest BCUT2D eigenvalue weighted by atomic mass is 9.79. The molecule has 2 heteroatoms. The van der Waals surface area contributed by atoms with Gasteiger partial charge in [0.1, 0.15) is 0 Å². The van der Waals surface area contributed by atoms with Crippen LogP contribution in [0.25, 0.3) is 0 Å². The lowest BCUT2D eigenvalue weighted by molar-refractivity contribution is 0.240. The molecule has 0 aromatic heterocycles. The van der Waals surface area contributed by atoms with Crippen LogP contribution in [0.3, 0.4) is 0 Å². The van der Waals surface area contributed by atoms with E-state index in [-0.39, 0.29) is 12.6 Å². The zero-order chi connectivity index (χ0) is 9.84. The summed E-state index contributed by atoms with van der Waals surface area (Å²) in [6.45, 7) is 4.63. The summed E-state index contributed by atoms with van der Waals surface area (Å²) in [7, 11) is 0. The summed E-state index contributed by atoms with van der Waals surface area (Å²) < 4.78 is 0. The number of aliphatic hydroxyl groups excluding tert-OH is 1. The molecular weight excluding hydrogens is 162 g/mol.